The minimum atomic E-state index is 0.139. The van der Waals surface area contributed by atoms with E-state index in [1.165, 1.54) is 30.6 Å². The molecule has 0 saturated heterocycles. The van der Waals surface area contributed by atoms with Crippen LogP contribution in [-0.2, 0) is 5.75 Å². The van der Waals surface area contributed by atoms with E-state index in [9.17, 15) is 0 Å². The second-order valence-corrected chi connectivity index (χ2v) is 5.34. The van der Waals surface area contributed by atoms with Crippen molar-refractivity contribution in [1.82, 2.24) is 0 Å². The molecule has 1 aromatic rings. The summed E-state index contributed by atoms with van der Waals surface area (Å²) in [6, 6.07) is 8.39. The highest BCUT2D eigenvalue weighted by Gasteiger charge is 1.95. The topological polar surface area (TPSA) is 20.2 Å². The molecule has 0 radical (unpaired) electrons. The van der Waals surface area contributed by atoms with Gasteiger partial charge in [-0.2, -0.15) is 11.8 Å². The third-order valence-corrected chi connectivity index (χ3v) is 3.67. The number of hydrogen-bond donors (Lipinski definition) is 1. The summed E-state index contributed by atoms with van der Waals surface area (Å²) in [6.07, 6.45) is 4.49. The molecular weight excluding hydrogens is 240 g/mol. The van der Waals surface area contributed by atoms with Crippen LogP contribution in [-0.4, -0.2) is 17.5 Å². The normalized spacial score (nSPS) is 9.89. The van der Waals surface area contributed by atoms with Gasteiger partial charge in [0.25, 0.3) is 0 Å². The van der Waals surface area contributed by atoms with Gasteiger partial charge in [0.1, 0.15) is 0 Å². The van der Waals surface area contributed by atoms with Gasteiger partial charge in [0, 0.05) is 17.7 Å². The summed E-state index contributed by atoms with van der Waals surface area (Å²) in [5.74, 6) is 8.35. The lowest BCUT2D eigenvalue weighted by atomic mass is 10.1. The first-order chi connectivity index (χ1) is 8.86. The van der Waals surface area contributed by atoms with E-state index in [1.54, 1.807) is 0 Å². The third kappa shape index (κ3) is 6.74. The zero-order chi connectivity index (χ0) is 13.1. The number of unbranched alkanes of at least 4 members (excludes halogenated alkanes) is 2. The predicted molar refractivity (Wildman–Crippen MR) is 80.7 cm³/mol. The molecule has 0 amide bonds. The molecule has 98 valence electrons. The first-order valence-corrected chi connectivity index (χ1v) is 7.78. The van der Waals surface area contributed by atoms with Crippen molar-refractivity contribution in [1.29, 1.82) is 0 Å². The van der Waals surface area contributed by atoms with E-state index in [4.69, 9.17) is 5.11 Å². The largest absolute Gasteiger partial charge is 0.395 e. The lowest BCUT2D eigenvalue weighted by Gasteiger charge is -2.02. The first-order valence-electron chi connectivity index (χ1n) is 6.63. The van der Waals surface area contributed by atoms with Gasteiger partial charge in [0.05, 0.1) is 6.61 Å². The smallest absolute Gasteiger partial charge is 0.0540 e. The van der Waals surface area contributed by atoms with Crippen LogP contribution in [0.5, 0.6) is 0 Å². The summed E-state index contributed by atoms with van der Waals surface area (Å²) in [4.78, 5) is 0. The molecule has 1 nitrogen and oxygen atoms in total. The van der Waals surface area contributed by atoms with Crippen molar-refractivity contribution < 1.29 is 5.11 Å². The molecule has 18 heavy (non-hydrogen) atoms. The van der Waals surface area contributed by atoms with Crippen LogP contribution in [0.25, 0.3) is 0 Å². The fourth-order valence-corrected chi connectivity index (χ4v) is 2.57. The summed E-state index contributed by atoms with van der Waals surface area (Å²) in [5.41, 5.74) is 2.39. The van der Waals surface area contributed by atoms with Crippen LogP contribution in [0.2, 0.25) is 0 Å². The van der Waals surface area contributed by atoms with E-state index in [1.807, 2.05) is 17.8 Å². The van der Waals surface area contributed by atoms with Gasteiger partial charge < -0.3 is 5.11 Å². The van der Waals surface area contributed by atoms with Crippen LogP contribution in [0.15, 0.2) is 24.3 Å². The summed E-state index contributed by atoms with van der Waals surface area (Å²) in [6.45, 7) is 2.37. The Kier molecular flexibility index (Phi) is 8.46. The van der Waals surface area contributed by atoms with E-state index in [-0.39, 0.29) is 6.61 Å². The highest BCUT2D eigenvalue weighted by Crippen LogP contribution is 2.15. The van der Waals surface area contributed by atoms with E-state index in [0.29, 0.717) is 6.42 Å². The minimum absolute atomic E-state index is 0.139. The SMILES string of the molecule is CCCCCSCc1cccc(C#CCCO)c1. The second-order valence-electron chi connectivity index (χ2n) is 4.24. The molecule has 0 bridgehead atoms. The van der Waals surface area contributed by atoms with E-state index in [2.05, 4.69) is 37.0 Å². The van der Waals surface area contributed by atoms with Crippen molar-refractivity contribution in [2.24, 2.45) is 0 Å². The number of benzene rings is 1. The van der Waals surface area contributed by atoms with Crippen molar-refractivity contribution >= 4 is 11.8 Å². The van der Waals surface area contributed by atoms with Gasteiger partial charge >= 0.3 is 0 Å². The van der Waals surface area contributed by atoms with Crippen molar-refractivity contribution in [3.8, 4) is 11.8 Å². The van der Waals surface area contributed by atoms with Crippen LogP contribution >= 0.6 is 11.8 Å². The molecule has 0 spiro atoms. The molecule has 1 rings (SSSR count). The first kappa shape index (κ1) is 15.1. The molecule has 0 fully saturated rings. The fraction of sp³-hybridized carbons (Fsp3) is 0.500. The number of aliphatic hydroxyl groups excluding tert-OH is 1. The van der Waals surface area contributed by atoms with Gasteiger partial charge in [-0.25, -0.2) is 0 Å². The van der Waals surface area contributed by atoms with Gasteiger partial charge in [-0.05, 0) is 29.9 Å². The minimum Gasteiger partial charge on any atom is -0.395 e. The third-order valence-electron chi connectivity index (χ3n) is 2.56. The lowest BCUT2D eigenvalue weighted by molar-refractivity contribution is 0.305. The Hall–Kier alpha value is -0.910. The average Bonchev–Trinajstić information content (AvgIpc) is 2.39. The van der Waals surface area contributed by atoms with Crippen LogP contribution in [0.4, 0.5) is 0 Å². The van der Waals surface area contributed by atoms with Gasteiger partial charge in [0.2, 0.25) is 0 Å². The molecule has 0 heterocycles. The van der Waals surface area contributed by atoms with Gasteiger partial charge in [0.15, 0.2) is 0 Å². The Morgan fingerprint density at radius 2 is 2.17 bits per heavy atom. The summed E-state index contributed by atoms with van der Waals surface area (Å²) < 4.78 is 0. The molecule has 0 aliphatic carbocycles. The van der Waals surface area contributed by atoms with E-state index in [0.717, 1.165) is 11.3 Å². The quantitative estimate of drug-likeness (QED) is 0.595. The molecule has 0 unspecified atom stereocenters. The molecule has 0 atom stereocenters. The molecule has 1 N–H and O–H groups in total. The summed E-state index contributed by atoms with van der Waals surface area (Å²) in [5, 5.41) is 8.68. The maximum Gasteiger partial charge on any atom is 0.0540 e. The Labute approximate surface area is 115 Å². The molecule has 2 heteroatoms. The molecule has 0 aromatic heterocycles. The maximum absolute atomic E-state index is 8.68. The second kappa shape index (κ2) is 10.1. The summed E-state index contributed by atoms with van der Waals surface area (Å²) in [7, 11) is 0. The van der Waals surface area contributed by atoms with Crippen LogP contribution in [0.1, 0.15) is 43.7 Å². The Morgan fingerprint density at radius 3 is 2.94 bits per heavy atom. The molecule has 1 aromatic carbocycles. The number of hydrogen-bond acceptors (Lipinski definition) is 2. The standard InChI is InChI=1S/C16H22OS/c1-2-3-6-12-18-14-16-10-7-9-15(13-16)8-4-5-11-17/h7,9-10,13,17H,2-3,5-6,11-12,14H2,1H3. The number of aliphatic hydroxyl groups is 1. The molecule has 0 aliphatic rings. The number of rotatable bonds is 7. The Bertz CT molecular complexity index is 390. The van der Waals surface area contributed by atoms with E-state index < -0.39 is 0 Å². The van der Waals surface area contributed by atoms with Gasteiger partial charge in [-0.15, -0.1) is 0 Å². The zero-order valence-electron chi connectivity index (χ0n) is 11.1. The van der Waals surface area contributed by atoms with Crippen LogP contribution in [0.3, 0.4) is 0 Å². The molecule has 0 saturated carbocycles. The van der Waals surface area contributed by atoms with E-state index >= 15 is 0 Å². The van der Waals surface area contributed by atoms with Crippen LogP contribution < -0.4 is 0 Å². The van der Waals surface area contributed by atoms with Gasteiger partial charge in [-0.1, -0.05) is 43.7 Å². The van der Waals surface area contributed by atoms with Crippen molar-refractivity contribution in [3.05, 3.63) is 35.4 Å². The Balaban J connectivity index is 2.38. The highest BCUT2D eigenvalue weighted by atomic mass is 32.2. The maximum atomic E-state index is 8.68. The monoisotopic (exact) mass is 262 g/mol. The summed E-state index contributed by atoms with van der Waals surface area (Å²) >= 11 is 2.00. The highest BCUT2D eigenvalue weighted by molar-refractivity contribution is 7.98. The van der Waals surface area contributed by atoms with Crippen molar-refractivity contribution in [3.63, 3.8) is 0 Å². The average molecular weight is 262 g/mol. The zero-order valence-corrected chi connectivity index (χ0v) is 11.9. The predicted octanol–water partition coefficient (Wildman–Crippen LogP) is 3.84. The Morgan fingerprint density at radius 1 is 1.28 bits per heavy atom. The van der Waals surface area contributed by atoms with Crippen molar-refractivity contribution in [2.75, 3.05) is 12.4 Å². The molecule has 0 aliphatic heterocycles. The van der Waals surface area contributed by atoms with Gasteiger partial charge in [-0.3, -0.25) is 0 Å². The fourth-order valence-electron chi connectivity index (χ4n) is 1.60. The van der Waals surface area contributed by atoms with Crippen LogP contribution in [0, 0.1) is 11.8 Å². The van der Waals surface area contributed by atoms with Crippen molar-refractivity contribution in [2.45, 2.75) is 38.4 Å². The number of thioether (sulfide) groups is 1. The lowest BCUT2D eigenvalue weighted by Crippen LogP contribution is -1.85. The molecular formula is C16H22OS.